The van der Waals surface area contributed by atoms with Crippen LogP contribution in [0.3, 0.4) is 0 Å². The molecule has 0 bridgehead atoms. The van der Waals surface area contributed by atoms with E-state index in [0.717, 1.165) is 29.9 Å². The summed E-state index contributed by atoms with van der Waals surface area (Å²) < 4.78 is 0. The van der Waals surface area contributed by atoms with Crippen molar-refractivity contribution in [2.75, 3.05) is 18.0 Å². The van der Waals surface area contributed by atoms with Gasteiger partial charge in [-0.3, -0.25) is 0 Å². The van der Waals surface area contributed by atoms with E-state index in [1.165, 1.54) is 12.8 Å². The van der Waals surface area contributed by atoms with Gasteiger partial charge in [-0.05, 0) is 25.5 Å². The molecule has 2 aromatic rings. The maximum atomic E-state index is 4.41. The summed E-state index contributed by atoms with van der Waals surface area (Å²) in [5.74, 6) is 0.999. The molecule has 0 aliphatic rings. The Morgan fingerprint density at radius 2 is 2.06 bits per heavy atom. The van der Waals surface area contributed by atoms with Crippen LogP contribution in [0.15, 0.2) is 24.7 Å². The number of aromatic nitrogens is 3. The molecule has 0 aromatic carbocycles. The molecule has 0 saturated carbocycles. The number of pyridine rings is 1. The number of rotatable bonds is 5. The van der Waals surface area contributed by atoms with Crippen LogP contribution in [-0.2, 0) is 0 Å². The topological polar surface area (TPSA) is 41.9 Å². The summed E-state index contributed by atoms with van der Waals surface area (Å²) in [5.41, 5.74) is 0.771. The average molecular weight is 230 g/mol. The number of fused-ring (bicyclic) bond motifs is 1. The summed E-state index contributed by atoms with van der Waals surface area (Å²) in [4.78, 5) is 15.1. The van der Waals surface area contributed by atoms with E-state index in [-0.39, 0.29) is 0 Å². The summed E-state index contributed by atoms with van der Waals surface area (Å²) in [6, 6.07) is 3.97. The number of anilines is 1. The fraction of sp³-hybridized carbons (Fsp3) is 0.462. The summed E-state index contributed by atoms with van der Waals surface area (Å²) >= 11 is 0. The number of hydrogen-bond acceptors (Lipinski definition) is 4. The van der Waals surface area contributed by atoms with Gasteiger partial charge in [-0.25, -0.2) is 15.0 Å². The van der Waals surface area contributed by atoms with Crippen molar-refractivity contribution in [3.05, 3.63) is 24.7 Å². The van der Waals surface area contributed by atoms with Gasteiger partial charge in [0.1, 0.15) is 12.1 Å². The Hall–Kier alpha value is -1.71. The Kier molecular flexibility index (Phi) is 3.85. The quantitative estimate of drug-likeness (QED) is 0.792. The highest BCUT2D eigenvalue weighted by Crippen LogP contribution is 2.21. The van der Waals surface area contributed by atoms with Crippen molar-refractivity contribution in [1.82, 2.24) is 15.0 Å². The second kappa shape index (κ2) is 5.57. The van der Waals surface area contributed by atoms with Crippen molar-refractivity contribution < 1.29 is 0 Å². The Bertz CT molecular complexity index is 478. The van der Waals surface area contributed by atoms with Crippen molar-refractivity contribution in [3.63, 3.8) is 0 Å². The van der Waals surface area contributed by atoms with E-state index in [0.29, 0.717) is 0 Å². The molecule has 0 unspecified atom stereocenters. The van der Waals surface area contributed by atoms with Gasteiger partial charge in [0.15, 0.2) is 5.65 Å². The summed E-state index contributed by atoms with van der Waals surface area (Å²) in [7, 11) is 0. The van der Waals surface area contributed by atoms with E-state index < -0.39 is 0 Å². The molecule has 0 aliphatic heterocycles. The SMILES string of the molecule is CCCCN(CC)c1ncnc2ncccc12. The van der Waals surface area contributed by atoms with Crippen LogP contribution in [0.1, 0.15) is 26.7 Å². The van der Waals surface area contributed by atoms with Crippen molar-refractivity contribution >= 4 is 16.9 Å². The van der Waals surface area contributed by atoms with Gasteiger partial charge in [0.25, 0.3) is 0 Å². The maximum absolute atomic E-state index is 4.41. The van der Waals surface area contributed by atoms with Crippen LogP contribution in [0.25, 0.3) is 11.0 Å². The first-order valence-corrected chi connectivity index (χ1v) is 6.17. The zero-order chi connectivity index (χ0) is 12.1. The Morgan fingerprint density at radius 1 is 1.18 bits per heavy atom. The van der Waals surface area contributed by atoms with Crippen LogP contribution in [0.4, 0.5) is 5.82 Å². The first-order chi connectivity index (χ1) is 8.36. The lowest BCUT2D eigenvalue weighted by Crippen LogP contribution is -2.25. The standard InChI is InChI=1S/C13H18N4/c1-3-5-9-17(4-2)13-11-7-6-8-14-12(11)15-10-16-13/h6-8,10H,3-5,9H2,1-2H3. The molecule has 0 N–H and O–H groups in total. The molecule has 0 amide bonds. The van der Waals surface area contributed by atoms with E-state index in [9.17, 15) is 0 Å². The van der Waals surface area contributed by atoms with Gasteiger partial charge in [-0.2, -0.15) is 0 Å². The smallest absolute Gasteiger partial charge is 0.164 e. The number of hydrogen-bond donors (Lipinski definition) is 0. The van der Waals surface area contributed by atoms with Gasteiger partial charge in [0.05, 0.1) is 5.39 Å². The van der Waals surface area contributed by atoms with E-state index in [1.807, 2.05) is 12.1 Å². The van der Waals surface area contributed by atoms with Crippen LogP contribution in [0.5, 0.6) is 0 Å². The minimum absolute atomic E-state index is 0.771. The molecule has 0 radical (unpaired) electrons. The van der Waals surface area contributed by atoms with Crippen molar-refractivity contribution in [2.45, 2.75) is 26.7 Å². The van der Waals surface area contributed by atoms with E-state index in [2.05, 4.69) is 33.7 Å². The van der Waals surface area contributed by atoms with Crippen LogP contribution in [-0.4, -0.2) is 28.0 Å². The number of nitrogens with zero attached hydrogens (tertiary/aromatic N) is 4. The maximum Gasteiger partial charge on any atom is 0.164 e. The minimum Gasteiger partial charge on any atom is -0.356 e. The van der Waals surface area contributed by atoms with Gasteiger partial charge >= 0.3 is 0 Å². The third-order valence-electron chi connectivity index (χ3n) is 2.85. The van der Waals surface area contributed by atoms with Crippen LogP contribution < -0.4 is 4.90 Å². The second-order valence-corrected chi connectivity index (χ2v) is 4.01. The highest BCUT2D eigenvalue weighted by molar-refractivity contribution is 5.86. The molecular formula is C13H18N4. The molecule has 2 aromatic heterocycles. The lowest BCUT2D eigenvalue weighted by molar-refractivity contribution is 0.725. The molecule has 0 fully saturated rings. The molecule has 4 nitrogen and oxygen atoms in total. The predicted molar refractivity (Wildman–Crippen MR) is 70.1 cm³/mol. The monoisotopic (exact) mass is 230 g/mol. The Morgan fingerprint density at radius 3 is 2.82 bits per heavy atom. The van der Waals surface area contributed by atoms with Crippen LogP contribution in [0.2, 0.25) is 0 Å². The third-order valence-corrected chi connectivity index (χ3v) is 2.85. The normalized spacial score (nSPS) is 10.7. The fourth-order valence-electron chi connectivity index (χ4n) is 1.90. The summed E-state index contributed by atoms with van der Waals surface area (Å²) in [6.07, 6.45) is 5.73. The van der Waals surface area contributed by atoms with E-state index in [4.69, 9.17) is 0 Å². The molecule has 2 heterocycles. The van der Waals surface area contributed by atoms with Gasteiger partial charge in [0, 0.05) is 19.3 Å². The van der Waals surface area contributed by atoms with Crippen LogP contribution >= 0.6 is 0 Å². The second-order valence-electron chi connectivity index (χ2n) is 4.01. The van der Waals surface area contributed by atoms with Crippen molar-refractivity contribution in [3.8, 4) is 0 Å². The molecule has 0 saturated heterocycles. The molecule has 0 atom stereocenters. The summed E-state index contributed by atoms with van der Waals surface area (Å²) in [6.45, 7) is 6.35. The van der Waals surface area contributed by atoms with Gasteiger partial charge in [0.2, 0.25) is 0 Å². The van der Waals surface area contributed by atoms with Crippen molar-refractivity contribution in [2.24, 2.45) is 0 Å². The minimum atomic E-state index is 0.771. The Balaban J connectivity index is 2.38. The third kappa shape index (κ3) is 2.52. The highest BCUT2D eigenvalue weighted by Gasteiger charge is 2.10. The van der Waals surface area contributed by atoms with Crippen LogP contribution in [0, 0.1) is 0 Å². The molecular weight excluding hydrogens is 212 g/mol. The molecule has 4 heteroatoms. The average Bonchev–Trinajstić information content (AvgIpc) is 2.40. The zero-order valence-corrected chi connectivity index (χ0v) is 10.4. The molecule has 17 heavy (non-hydrogen) atoms. The van der Waals surface area contributed by atoms with Gasteiger partial charge < -0.3 is 4.90 Å². The summed E-state index contributed by atoms with van der Waals surface area (Å²) in [5, 5.41) is 1.04. The number of unbranched alkanes of at least 4 members (excludes halogenated alkanes) is 1. The highest BCUT2D eigenvalue weighted by atomic mass is 15.2. The Labute approximate surface area is 102 Å². The molecule has 0 aliphatic carbocycles. The van der Waals surface area contributed by atoms with E-state index in [1.54, 1.807) is 12.5 Å². The zero-order valence-electron chi connectivity index (χ0n) is 10.4. The largest absolute Gasteiger partial charge is 0.356 e. The lowest BCUT2D eigenvalue weighted by Gasteiger charge is -2.22. The van der Waals surface area contributed by atoms with Gasteiger partial charge in [-0.1, -0.05) is 13.3 Å². The fourth-order valence-corrected chi connectivity index (χ4v) is 1.90. The first-order valence-electron chi connectivity index (χ1n) is 6.17. The molecule has 90 valence electrons. The predicted octanol–water partition coefficient (Wildman–Crippen LogP) is 2.65. The first kappa shape index (κ1) is 11.8. The lowest BCUT2D eigenvalue weighted by atomic mass is 10.2. The molecule has 2 rings (SSSR count). The van der Waals surface area contributed by atoms with Crippen molar-refractivity contribution in [1.29, 1.82) is 0 Å². The molecule has 0 spiro atoms. The van der Waals surface area contributed by atoms with Gasteiger partial charge in [-0.15, -0.1) is 0 Å². The van der Waals surface area contributed by atoms with E-state index >= 15 is 0 Å².